The zero-order valence-corrected chi connectivity index (χ0v) is 10.8. The van der Waals surface area contributed by atoms with Gasteiger partial charge in [0.1, 0.15) is 11.7 Å². The van der Waals surface area contributed by atoms with Gasteiger partial charge < -0.3 is 10.4 Å². The summed E-state index contributed by atoms with van der Waals surface area (Å²) in [6.45, 7) is 1.72. The fourth-order valence-corrected chi connectivity index (χ4v) is 1.76. The first kappa shape index (κ1) is 13.7. The average Bonchev–Trinajstić information content (AvgIpc) is 2.85. The molecule has 0 saturated heterocycles. The number of amides is 1. The first-order valence-electron chi connectivity index (χ1n) is 6.00. The number of aromatic nitrogens is 3. The Labute approximate surface area is 115 Å². The maximum Gasteiger partial charge on any atom is 0.326 e. The van der Waals surface area contributed by atoms with Gasteiger partial charge in [0, 0.05) is 18.8 Å². The van der Waals surface area contributed by atoms with E-state index in [1.54, 1.807) is 31.5 Å². The largest absolute Gasteiger partial charge is 0.480 e. The third-order valence-electron chi connectivity index (χ3n) is 2.85. The highest BCUT2D eigenvalue weighted by Crippen LogP contribution is 2.05. The zero-order valence-electron chi connectivity index (χ0n) is 10.8. The normalized spacial score (nSPS) is 11.8. The van der Waals surface area contributed by atoms with Crippen LogP contribution in [-0.2, 0) is 11.2 Å². The van der Waals surface area contributed by atoms with Crippen LogP contribution in [0.15, 0.2) is 30.7 Å². The van der Waals surface area contributed by atoms with E-state index >= 15 is 0 Å². The van der Waals surface area contributed by atoms with E-state index in [-0.39, 0.29) is 12.1 Å². The maximum atomic E-state index is 12.0. The minimum atomic E-state index is -1.09. The minimum Gasteiger partial charge on any atom is -0.480 e. The molecule has 20 heavy (non-hydrogen) atoms. The van der Waals surface area contributed by atoms with Crippen LogP contribution in [0.5, 0.6) is 0 Å². The summed E-state index contributed by atoms with van der Waals surface area (Å²) < 4.78 is 0. The predicted octanol–water partition coefficient (Wildman–Crippen LogP) is 0.539. The van der Waals surface area contributed by atoms with E-state index in [4.69, 9.17) is 0 Å². The molecule has 1 amide bonds. The van der Waals surface area contributed by atoms with Crippen molar-refractivity contribution in [2.24, 2.45) is 0 Å². The third kappa shape index (κ3) is 3.19. The Morgan fingerprint density at radius 3 is 2.65 bits per heavy atom. The van der Waals surface area contributed by atoms with Crippen molar-refractivity contribution in [3.63, 3.8) is 0 Å². The molecular formula is C13H14N4O3. The molecule has 0 aliphatic heterocycles. The van der Waals surface area contributed by atoms with Crippen molar-refractivity contribution in [1.82, 2.24) is 20.5 Å². The number of carboxylic acids is 1. The van der Waals surface area contributed by atoms with Crippen LogP contribution in [0.4, 0.5) is 0 Å². The number of hydrogen-bond acceptors (Lipinski definition) is 4. The van der Waals surface area contributed by atoms with Crippen LogP contribution in [0.2, 0.25) is 0 Å². The van der Waals surface area contributed by atoms with Crippen LogP contribution in [-0.4, -0.2) is 38.2 Å². The number of aryl methyl sites for hydroxylation is 1. The summed E-state index contributed by atoms with van der Waals surface area (Å²) in [6.07, 6.45) is 4.86. The van der Waals surface area contributed by atoms with Crippen molar-refractivity contribution >= 4 is 11.9 Å². The molecular weight excluding hydrogens is 260 g/mol. The van der Waals surface area contributed by atoms with Gasteiger partial charge in [-0.15, -0.1) is 0 Å². The highest BCUT2D eigenvalue weighted by atomic mass is 16.4. The Balaban J connectivity index is 2.09. The van der Waals surface area contributed by atoms with E-state index in [1.165, 1.54) is 6.20 Å². The highest BCUT2D eigenvalue weighted by molar-refractivity contribution is 5.96. The number of carboxylic acid groups (broad SMARTS) is 1. The standard InChI is InChI=1S/C13H14N4O3/c1-8-7-15-17-11(8)12(18)16-10(13(19)20)6-9-2-4-14-5-3-9/h2-5,7,10H,6H2,1H3,(H,15,17)(H,16,18)(H,19,20). The zero-order chi connectivity index (χ0) is 14.5. The molecule has 2 aromatic heterocycles. The Bertz CT molecular complexity index is 609. The fraction of sp³-hybridized carbons (Fsp3) is 0.231. The van der Waals surface area contributed by atoms with E-state index in [2.05, 4.69) is 20.5 Å². The summed E-state index contributed by atoms with van der Waals surface area (Å²) in [5.41, 5.74) is 1.72. The van der Waals surface area contributed by atoms with Gasteiger partial charge in [0.15, 0.2) is 0 Å². The SMILES string of the molecule is Cc1cn[nH]c1C(=O)NC(Cc1ccncc1)C(=O)O. The van der Waals surface area contributed by atoms with Gasteiger partial charge in [-0.2, -0.15) is 5.10 Å². The highest BCUT2D eigenvalue weighted by Gasteiger charge is 2.22. The first-order chi connectivity index (χ1) is 9.58. The number of aliphatic carboxylic acids is 1. The van der Waals surface area contributed by atoms with Crippen LogP contribution in [0, 0.1) is 6.92 Å². The average molecular weight is 274 g/mol. The summed E-state index contributed by atoms with van der Waals surface area (Å²) in [4.78, 5) is 27.1. The molecule has 1 atom stereocenters. The molecule has 0 fully saturated rings. The van der Waals surface area contributed by atoms with E-state index in [0.29, 0.717) is 5.56 Å². The van der Waals surface area contributed by atoms with Crippen molar-refractivity contribution < 1.29 is 14.7 Å². The maximum absolute atomic E-state index is 12.0. The number of pyridine rings is 1. The first-order valence-corrected chi connectivity index (χ1v) is 6.00. The molecule has 2 heterocycles. The van der Waals surface area contributed by atoms with Gasteiger partial charge in [-0.3, -0.25) is 14.9 Å². The number of hydrogen-bond donors (Lipinski definition) is 3. The van der Waals surface area contributed by atoms with Crippen molar-refractivity contribution in [2.45, 2.75) is 19.4 Å². The van der Waals surface area contributed by atoms with E-state index < -0.39 is 17.9 Å². The van der Waals surface area contributed by atoms with Gasteiger partial charge in [0.2, 0.25) is 0 Å². The smallest absolute Gasteiger partial charge is 0.326 e. The fourth-order valence-electron chi connectivity index (χ4n) is 1.76. The molecule has 0 bridgehead atoms. The van der Waals surface area contributed by atoms with Gasteiger partial charge in [0.05, 0.1) is 6.20 Å². The minimum absolute atomic E-state index is 0.191. The topological polar surface area (TPSA) is 108 Å². The molecule has 104 valence electrons. The summed E-state index contributed by atoms with van der Waals surface area (Å²) in [7, 11) is 0. The van der Waals surface area contributed by atoms with E-state index in [9.17, 15) is 14.7 Å². The molecule has 0 saturated carbocycles. The number of carbonyl (C=O) groups is 2. The molecule has 3 N–H and O–H groups in total. The van der Waals surface area contributed by atoms with Gasteiger partial charge in [-0.05, 0) is 30.2 Å². The van der Waals surface area contributed by atoms with Gasteiger partial charge in [0.25, 0.3) is 5.91 Å². The lowest BCUT2D eigenvalue weighted by atomic mass is 10.1. The van der Waals surface area contributed by atoms with E-state index in [1.807, 2.05) is 0 Å². The Kier molecular flexibility index (Phi) is 4.09. The van der Waals surface area contributed by atoms with Gasteiger partial charge in [-0.1, -0.05) is 0 Å². The molecule has 2 rings (SSSR count). The van der Waals surface area contributed by atoms with Crippen molar-refractivity contribution in [1.29, 1.82) is 0 Å². The lowest BCUT2D eigenvalue weighted by Crippen LogP contribution is -2.42. The molecule has 7 heteroatoms. The summed E-state index contributed by atoms with van der Waals surface area (Å²) in [6, 6.07) is 2.42. The van der Waals surface area contributed by atoms with Gasteiger partial charge >= 0.3 is 5.97 Å². The second-order valence-electron chi connectivity index (χ2n) is 4.35. The Morgan fingerprint density at radius 2 is 2.10 bits per heavy atom. The second kappa shape index (κ2) is 5.96. The number of H-pyrrole nitrogens is 1. The van der Waals surface area contributed by atoms with Gasteiger partial charge in [-0.25, -0.2) is 4.79 Å². The molecule has 0 aliphatic carbocycles. The van der Waals surface area contributed by atoms with Crippen molar-refractivity contribution in [3.05, 3.63) is 47.5 Å². The van der Waals surface area contributed by atoms with Crippen LogP contribution >= 0.6 is 0 Å². The lowest BCUT2D eigenvalue weighted by Gasteiger charge is -2.14. The molecule has 2 aromatic rings. The Morgan fingerprint density at radius 1 is 1.40 bits per heavy atom. The summed E-state index contributed by atoms with van der Waals surface area (Å²) in [5, 5.41) is 18.0. The molecule has 0 spiro atoms. The van der Waals surface area contributed by atoms with Crippen LogP contribution in [0.3, 0.4) is 0 Å². The predicted molar refractivity (Wildman–Crippen MR) is 70.2 cm³/mol. The number of nitrogens with one attached hydrogen (secondary N) is 2. The Hall–Kier alpha value is -2.70. The van der Waals surface area contributed by atoms with Crippen molar-refractivity contribution in [2.75, 3.05) is 0 Å². The number of carbonyl (C=O) groups excluding carboxylic acids is 1. The molecule has 1 unspecified atom stereocenters. The molecule has 0 aliphatic rings. The number of rotatable bonds is 5. The molecule has 7 nitrogen and oxygen atoms in total. The quantitative estimate of drug-likeness (QED) is 0.737. The summed E-state index contributed by atoms with van der Waals surface area (Å²) in [5.74, 6) is -1.58. The lowest BCUT2D eigenvalue weighted by molar-refractivity contribution is -0.139. The van der Waals surface area contributed by atoms with Crippen molar-refractivity contribution in [3.8, 4) is 0 Å². The summed E-state index contributed by atoms with van der Waals surface area (Å²) >= 11 is 0. The number of nitrogens with zero attached hydrogens (tertiary/aromatic N) is 2. The molecule has 0 radical (unpaired) electrons. The van der Waals surface area contributed by atoms with E-state index in [0.717, 1.165) is 5.56 Å². The number of aromatic amines is 1. The van der Waals surface area contributed by atoms with Crippen LogP contribution in [0.1, 0.15) is 21.6 Å². The second-order valence-corrected chi connectivity index (χ2v) is 4.35. The van der Waals surface area contributed by atoms with Crippen LogP contribution in [0.25, 0.3) is 0 Å². The van der Waals surface area contributed by atoms with Crippen LogP contribution < -0.4 is 5.32 Å². The third-order valence-corrected chi connectivity index (χ3v) is 2.85. The monoisotopic (exact) mass is 274 g/mol. The molecule has 0 aromatic carbocycles.